The van der Waals surface area contributed by atoms with Crippen molar-refractivity contribution in [2.75, 3.05) is 33.4 Å². The number of amides is 2. The molecule has 0 aromatic heterocycles. The Bertz CT molecular complexity index is 570. The molecule has 3 rings (SSSR count). The largest absolute Gasteiger partial charge is 0.384 e. The summed E-state index contributed by atoms with van der Waals surface area (Å²) in [7, 11) is 1.71. The van der Waals surface area contributed by atoms with Gasteiger partial charge in [0.15, 0.2) is 6.10 Å². The summed E-state index contributed by atoms with van der Waals surface area (Å²) < 4.78 is 10.8. The molecule has 2 saturated heterocycles. The number of hydrogen-bond acceptors (Lipinski definition) is 4. The van der Waals surface area contributed by atoms with Crippen molar-refractivity contribution in [1.82, 2.24) is 10.2 Å². The van der Waals surface area contributed by atoms with Crippen molar-refractivity contribution in [2.45, 2.75) is 25.0 Å². The minimum atomic E-state index is -0.663. The number of carbonyl (C=O) groups is 2. The van der Waals surface area contributed by atoms with Crippen LogP contribution < -0.4 is 5.32 Å². The number of morpholine rings is 1. The number of piperidine rings is 1. The number of ether oxygens (including phenoxy) is 2. The quantitative estimate of drug-likeness (QED) is 0.897. The van der Waals surface area contributed by atoms with Gasteiger partial charge in [0, 0.05) is 26.8 Å². The number of nitrogens with one attached hydrogen (secondary N) is 1. The highest BCUT2D eigenvalue weighted by Crippen LogP contribution is 2.26. The van der Waals surface area contributed by atoms with Gasteiger partial charge in [0.2, 0.25) is 5.91 Å². The van der Waals surface area contributed by atoms with E-state index in [0.29, 0.717) is 19.0 Å². The smallest absolute Gasteiger partial charge is 0.254 e. The van der Waals surface area contributed by atoms with Crippen LogP contribution in [0.4, 0.5) is 0 Å². The van der Waals surface area contributed by atoms with Crippen LogP contribution in [0.25, 0.3) is 0 Å². The van der Waals surface area contributed by atoms with Crippen LogP contribution in [0, 0.1) is 5.92 Å². The van der Waals surface area contributed by atoms with Gasteiger partial charge in [-0.25, -0.2) is 0 Å². The van der Waals surface area contributed by atoms with E-state index in [1.54, 1.807) is 7.11 Å². The second-order valence-corrected chi connectivity index (χ2v) is 6.41. The zero-order chi connectivity index (χ0) is 16.9. The normalized spacial score (nSPS) is 25.4. The molecule has 1 N–H and O–H groups in total. The van der Waals surface area contributed by atoms with Crippen LogP contribution >= 0.6 is 0 Å². The average Bonchev–Trinajstić information content (AvgIpc) is 2.63. The first-order valence-corrected chi connectivity index (χ1v) is 8.42. The Morgan fingerprint density at radius 1 is 1.29 bits per heavy atom. The molecule has 2 atom stereocenters. The van der Waals surface area contributed by atoms with Crippen LogP contribution in [0.3, 0.4) is 0 Å². The van der Waals surface area contributed by atoms with Crippen LogP contribution in [0.2, 0.25) is 0 Å². The monoisotopic (exact) mass is 332 g/mol. The summed E-state index contributed by atoms with van der Waals surface area (Å²) in [6.45, 7) is 2.09. The van der Waals surface area contributed by atoms with Crippen LogP contribution in [-0.2, 0) is 19.1 Å². The SMILES string of the molecule is COCC1CCN(C(=O)[C@H]2OCC(=O)N[C@@H]2c2ccccc2)CC1. The van der Waals surface area contributed by atoms with Gasteiger partial charge in [-0.05, 0) is 24.3 Å². The fraction of sp³-hybridized carbons (Fsp3) is 0.556. The molecule has 0 aliphatic carbocycles. The van der Waals surface area contributed by atoms with Crippen molar-refractivity contribution in [2.24, 2.45) is 5.92 Å². The highest BCUT2D eigenvalue weighted by Gasteiger charge is 2.39. The number of nitrogens with zero attached hydrogens (tertiary/aromatic N) is 1. The van der Waals surface area contributed by atoms with Gasteiger partial charge < -0.3 is 19.7 Å². The number of methoxy groups -OCH3 is 1. The summed E-state index contributed by atoms with van der Waals surface area (Å²) in [6, 6.07) is 9.08. The Hall–Kier alpha value is -1.92. The van der Waals surface area contributed by atoms with E-state index in [1.807, 2.05) is 35.2 Å². The van der Waals surface area contributed by atoms with Gasteiger partial charge >= 0.3 is 0 Å². The lowest BCUT2D eigenvalue weighted by Crippen LogP contribution is -2.54. The van der Waals surface area contributed by atoms with E-state index in [-0.39, 0.29) is 18.4 Å². The Morgan fingerprint density at radius 3 is 2.67 bits per heavy atom. The number of likely N-dealkylation sites (tertiary alicyclic amines) is 1. The van der Waals surface area contributed by atoms with E-state index in [9.17, 15) is 9.59 Å². The van der Waals surface area contributed by atoms with Crippen LogP contribution in [0.5, 0.6) is 0 Å². The molecular formula is C18H24N2O4. The van der Waals surface area contributed by atoms with Crippen molar-refractivity contribution in [3.8, 4) is 0 Å². The number of rotatable bonds is 4. The maximum Gasteiger partial charge on any atom is 0.254 e. The molecule has 0 saturated carbocycles. The molecular weight excluding hydrogens is 308 g/mol. The fourth-order valence-electron chi connectivity index (χ4n) is 3.42. The minimum Gasteiger partial charge on any atom is -0.384 e. The first-order chi connectivity index (χ1) is 11.7. The lowest BCUT2D eigenvalue weighted by Gasteiger charge is -2.38. The van der Waals surface area contributed by atoms with E-state index in [2.05, 4.69) is 5.32 Å². The second kappa shape index (κ2) is 7.77. The van der Waals surface area contributed by atoms with E-state index in [4.69, 9.17) is 9.47 Å². The van der Waals surface area contributed by atoms with Gasteiger partial charge in [-0.1, -0.05) is 30.3 Å². The standard InChI is InChI=1S/C18H24N2O4/c1-23-11-13-7-9-20(10-8-13)18(22)17-16(19-15(21)12-24-17)14-5-3-2-4-6-14/h2-6,13,16-17H,7-12H2,1H3,(H,19,21)/t16-,17+/m1/s1. The maximum absolute atomic E-state index is 12.9. The van der Waals surface area contributed by atoms with E-state index in [1.165, 1.54) is 0 Å². The number of benzene rings is 1. The molecule has 2 aliphatic rings. The van der Waals surface area contributed by atoms with Crippen molar-refractivity contribution in [3.63, 3.8) is 0 Å². The number of hydrogen-bond donors (Lipinski definition) is 1. The first-order valence-electron chi connectivity index (χ1n) is 8.42. The second-order valence-electron chi connectivity index (χ2n) is 6.41. The average molecular weight is 332 g/mol. The van der Waals surface area contributed by atoms with E-state index in [0.717, 1.165) is 25.0 Å². The Morgan fingerprint density at radius 2 is 2.00 bits per heavy atom. The zero-order valence-electron chi connectivity index (χ0n) is 13.9. The van der Waals surface area contributed by atoms with E-state index < -0.39 is 12.1 Å². The summed E-state index contributed by atoms with van der Waals surface area (Å²) >= 11 is 0. The molecule has 2 amide bonds. The van der Waals surface area contributed by atoms with Gasteiger partial charge in [0.05, 0.1) is 6.04 Å². The molecule has 0 radical (unpaired) electrons. The molecule has 2 aliphatic heterocycles. The molecule has 0 spiro atoms. The fourth-order valence-corrected chi connectivity index (χ4v) is 3.42. The maximum atomic E-state index is 12.9. The lowest BCUT2D eigenvalue weighted by molar-refractivity contribution is -0.156. The van der Waals surface area contributed by atoms with Crippen molar-refractivity contribution in [1.29, 1.82) is 0 Å². The summed E-state index contributed by atoms with van der Waals surface area (Å²) in [4.78, 5) is 26.5. The first kappa shape index (κ1) is 16.9. The predicted molar refractivity (Wildman–Crippen MR) is 88.2 cm³/mol. The molecule has 2 heterocycles. The van der Waals surface area contributed by atoms with Gasteiger partial charge in [-0.2, -0.15) is 0 Å². The van der Waals surface area contributed by atoms with Crippen LogP contribution in [0.1, 0.15) is 24.4 Å². The molecule has 6 nitrogen and oxygen atoms in total. The Labute approximate surface area is 142 Å². The summed E-state index contributed by atoms with van der Waals surface area (Å²) in [6.07, 6.45) is 1.22. The molecule has 6 heteroatoms. The van der Waals surface area contributed by atoms with Gasteiger partial charge in [-0.3, -0.25) is 9.59 Å². The molecule has 2 fully saturated rings. The van der Waals surface area contributed by atoms with Crippen molar-refractivity contribution >= 4 is 11.8 Å². The van der Waals surface area contributed by atoms with Gasteiger partial charge in [0.25, 0.3) is 5.91 Å². The van der Waals surface area contributed by atoms with Crippen molar-refractivity contribution in [3.05, 3.63) is 35.9 Å². The molecule has 0 bridgehead atoms. The topological polar surface area (TPSA) is 67.9 Å². The molecule has 1 aromatic carbocycles. The highest BCUT2D eigenvalue weighted by atomic mass is 16.5. The Balaban J connectivity index is 1.69. The van der Waals surface area contributed by atoms with Crippen molar-refractivity contribution < 1.29 is 19.1 Å². The number of carbonyl (C=O) groups excluding carboxylic acids is 2. The third kappa shape index (κ3) is 3.76. The third-order valence-electron chi connectivity index (χ3n) is 4.74. The molecule has 0 unspecified atom stereocenters. The van der Waals surface area contributed by atoms with E-state index >= 15 is 0 Å². The predicted octanol–water partition coefficient (Wildman–Crippen LogP) is 1.13. The zero-order valence-corrected chi connectivity index (χ0v) is 13.9. The van der Waals surface area contributed by atoms with Gasteiger partial charge in [0.1, 0.15) is 6.61 Å². The minimum absolute atomic E-state index is 0.0419. The molecule has 24 heavy (non-hydrogen) atoms. The summed E-state index contributed by atoms with van der Waals surface area (Å²) in [5.74, 6) is 0.280. The molecule has 1 aromatic rings. The Kier molecular flexibility index (Phi) is 5.48. The highest BCUT2D eigenvalue weighted by molar-refractivity contribution is 5.86. The summed E-state index contributed by atoms with van der Waals surface area (Å²) in [5, 5.41) is 2.90. The lowest BCUT2D eigenvalue weighted by atomic mass is 9.95. The van der Waals surface area contributed by atoms with Gasteiger partial charge in [-0.15, -0.1) is 0 Å². The summed E-state index contributed by atoms with van der Waals surface area (Å²) in [5.41, 5.74) is 0.887. The molecule has 130 valence electrons. The van der Waals surface area contributed by atoms with Crippen LogP contribution in [-0.4, -0.2) is 56.2 Å². The third-order valence-corrected chi connectivity index (χ3v) is 4.74. The van der Waals surface area contributed by atoms with Crippen LogP contribution in [0.15, 0.2) is 30.3 Å².